The van der Waals surface area contributed by atoms with Crippen molar-refractivity contribution in [2.45, 2.75) is 26.2 Å². The van der Waals surface area contributed by atoms with E-state index < -0.39 is 0 Å². The van der Waals surface area contributed by atoms with Gasteiger partial charge in [0.2, 0.25) is 5.95 Å². The quantitative estimate of drug-likeness (QED) is 0.796. The molecule has 0 saturated heterocycles. The summed E-state index contributed by atoms with van der Waals surface area (Å²) >= 11 is 0. The minimum Gasteiger partial charge on any atom is -0.368 e. The van der Waals surface area contributed by atoms with Crippen molar-refractivity contribution in [1.82, 2.24) is 14.8 Å². The van der Waals surface area contributed by atoms with Crippen LogP contribution in [-0.4, -0.2) is 20.7 Å². The number of benzene rings is 2. The molecule has 0 aliphatic rings. The lowest BCUT2D eigenvalue weighted by Crippen LogP contribution is -2.22. The lowest BCUT2D eigenvalue weighted by molar-refractivity contribution is 0.0862. The van der Waals surface area contributed by atoms with E-state index in [-0.39, 0.29) is 17.8 Å². The van der Waals surface area contributed by atoms with Gasteiger partial charge in [0.15, 0.2) is 5.82 Å². The highest BCUT2D eigenvalue weighted by atomic mass is 16.2. The Labute approximate surface area is 141 Å². The number of hydrogen-bond donors (Lipinski definition) is 1. The van der Waals surface area contributed by atoms with Gasteiger partial charge in [0.25, 0.3) is 5.91 Å². The van der Waals surface area contributed by atoms with Gasteiger partial charge in [-0.05, 0) is 25.0 Å². The second-order valence-corrected chi connectivity index (χ2v) is 5.78. The van der Waals surface area contributed by atoms with Crippen LogP contribution < -0.4 is 5.73 Å². The smallest absolute Gasteiger partial charge is 0.257 e. The van der Waals surface area contributed by atoms with Crippen LogP contribution in [0, 0.1) is 6.92 Å². The van der Waals surface area contributed by atoms with Crippen LogP contribution in [0.15, 0.2) is 54.6 Å². The Kier molecular flexibility index (Phi) is 4.42. The highest BCUT2D eigenvalue weighted by Gasteiger charge is 2.24. The number of rotatable bonds is 4. The van der Waals surface area contributed by atoms with Crippen molar-refractivity contribution < 1.29 is 4.79 Å². The summed E-state index contributed by atoms with van der Waals surface area (Å²) in [6.45, 7) is 3.97. The van der Waals surface area contributed by atoms with E-state index in [2.05, 4.69) is 10.1 Å². The van der Waals surface area contributed by atoms with Gasteiger partial charge in [0, 0.05) is 5.56 Å². The van der Waals surface area contributed by atoms with Gasteiger partial charge in [-0.2, -0.15) is 9.67 Å². The van der Waals surface area contributed by atoms with Gasteiger partial charge in [0.05, 0.1) is 5.92 Å². The Balaban J connectivity index is 1.96. The highest BCUT2D eigenvalue weighted by Crippen LogP contribution is 2.24. The summed E-state index contributed by atoms with van der Waals surface area (Å²) in [7, 11) is 0. The first-order valence-electron chi connectivity index (χ1n) is 7.99. The zero-order valence-electron chi connectivity index (χ0n) is 13.8. The molecule has 2 N–H and O–H groups in total. The summed E-state index contributed by atoms with van der Waals surface area (Å²) in [6, 6.07) is 17.5. The number of carbonyl (C=O) groups excluding carboxylic acids is 1. The summed E-state index contributed by atoms with van der Waals surface area (Å²) in [5.41, 5.74) is 8.86. The van der Waals surface area contributed by atoms with E-state index in [0.29, 0.717) is 12.2 Å². The summed E-state index contributed by atoms with van der Waals surface area (Å²) in [5.74, 6) is 0.131. The molecule has 122 valence electrons. The van der Waals surface area contributed by atoms with Gasteiger partial charge >= 0.3 is 0 Å². The topological polar surface area (TPSA) is 73.8 Å². The van der Waals surface area contributed by atoms with Crippen LogP contribution >= 0.6 is 0 Å². The molecule has 1 aromatic heterocycles. The SMILES string of the molecule is CCC(C(=O)n1nc(-c2cccc(C)c2)nc1N)c1ccccc1. The maximum Gasteiger partial charge on any atom is 0.257 e. The zero-order chi connectivity index (χ0) is 17.1. The Morgan fingerprint density at radius 1 is 1.17 bits per heavy atom. The van der Waals surface area contributed by atoms with Crippen molar-refractivity contribution in [2.24, 2.45) is 0 Å². The number of nitrogens with two attached hydrogens (primary N) is 1. The Hall–Kier alpha value is -2.95. The number of hydrogen-bond acceptors (Lipinski definition) is 4. The summed E-state index contributed by atoms with van der Waals surface area (Å²) in [5, 5.41) is 4.35. The van der Waals surface area contributed by atoms with Gasteiger partial charge in [0.1, 0.15) is 0 Å². The molecule has 1 atom stereocenters. The van der Waals surface area contributed by atoms with Gasteiger partial charge in [-0.3, -0.25) is 4.79 Å². The van der Waals surface area contributed by atoms with Crippen LogP contribution in [0.25, 0.3) is 11.4 Å². The minimum atomic E-state index is -0.291. The third-order valence-corrected chi connectivity index (χ3v) is 4.03. The first kappa shape index (κ1) is 15.9. The lowest BCUT2D eigenvalue weighted by atomic mass is 9.96. The van der Waals surface area contributed by atoms with E-state index in [1.54, 1.807) is 0 Å². The van der Waals surface area contributed by atoms with E-state index in [1.165, 1.54) is 4.68 Å². The average molecular weight is 320 g/mol. The molecular formula is C19H20N4O. The van der Waals surface area contributed by atoms with Crippen LogP contribution in [0.2, 0.25) is 0 Å². The molecule has 0 aliphatic carbocycles. The maximum absolute atomic E-state index is 12.9. The molecule has 0 fully saturated rings. The van der Waals surface area contributed by atoms with Crippen molar-refractivity contribution in [3.05, 3.63) is 65.7 Å². The van der Waals surface area contributed by atoms with Gasteiger partial charge in [-0.15, -0.1) is 5.10 Å². The Morgan fingerprint density at radius 2 is 1.92 bits per heavy atom. The molecule has 0 bridgehead atoms. The molecule has 0 amide bonds. The van der Waals surface area contributed by atoms with Crippen molar-refractivity contribution in [3.8, 4) is 11.4 Å². The predicted octanol–water partition coefficient (Wildman–Crippen LogP) is 3.67. The fourth-order valence-corrected chi connectivity index (χ4v) is 2.78. The van der Waals surface area contributed by atoms with Crippen molar-refractivity contribution >= 4 is 11.9 Å². The number of aryl methyl sites for hydroxylation is 1. The normalized spacial score (nSPS) is 12.1. The molecule has 5 nitrogen and oxygen atoms in total. The van der Waals surface area contributed by atoms with Crippen molar-refractivity contribution in [2.75, 3.05) is 5.73 Å². The number of aromatic nitrogens is 3. The molecule has 1 unspecified atom stereocenters. The predicted molar refractivity (Wildman–Crippen MR) is 94.7 cm³/mol. The first-order chi connectivity index (χ1) is 11.6. The van der Waals surface area contributed by atoms with E-state index in [9.17, 15) is 4.79 Å². The molecule has 1 heterocycles. The molecule has 0 aliphatic heterocycles. The monoisotopic (exact) mass is 320 g/mol. The van der Waals surface area contributed by atoms with Crippen LogP contribution in [-0.2, 0) is 0 Å². The van der Waals surface area contributed by atoms with E-state index in [4.69, 9.17) is 5.73 Å². The largest absolute Gasteiger partial charge is 0.368 e. The van der Waals surface area contributed by atoms with Crippen molar-refractivity contribution in [3.63, 3.8) is 0 Å². The molecule has 0 radical (unpaired) electrons. The van der Waals surface area contributed by atoms with Gasteiger partial charge in [-0.1, -0.05) is 61.0 Å². The van der Waals surface area contributed by atoms with Crippen LogP contribution in [0.4, 0.5) is 5.95 Å². The number of carbonyl (C=O) groups is 1. The lowest BCUT2D eigenvalue weighted by Gasteiger charge is -2.13. The van der Waals surface area contributed by atoms with Crippen LogP contribution in [0.3, 0.4) is 0 Å². The Morgan fingerprint density at radius 3 is 2.58 bits per heavy atom. The average Bonchev–Trinajstić information content (AvgIpc) is 2.98. The number of nitrogen functional groups attached to an aromatic ring is 1. The van der Waals surface area contributed by atoms with Gasteiger partial charge in [-0.25, -0.2) is 0 Å². The second-order valence-electron chi connectivity index (χ2n) is 5.78. The summed E-state index contributed by atoms with van der Waals surface area (Å²) in [4.78, 5) is 17.2. The minimum absolute atomic E-state index is 0.117. The number of anilines is 1. The maximum atomic E-state index is 12.9. The molecule has 5 heteroatoms. The second kappa shape index (κ2) is 6.66. The van der Waals surface area contributed by atoms with Crippen LogP contribution in [0.1, 0.15) is 35.2 Å². The molecule has 0 saturated carbocycles. The van der Waals surface area contributed by atoms with Crippen molar-refractivity contribution in [1.29, 1.82) is 0 Å². The van der Waals surface area contributed by atoms with E-state index in [1.807, 2.05) is 68.4 Å². The highest BCUT2D eigenvalue weighted by molar-refractivity contribution is 5.87. The van der Waals surface area contributed by atoms with E-state index >= 15 is 0 Å². The molecule has 24 heavy (non-hydrogen) atoms. The van der Waals surface area contributed by atoms with Gasteiger partial charge < -0.3 is 5.73 Å². The standard InChI is InChI=1S/C19H20N4O/c1-3-16(14-9-5-4-6-10-14)18(24)23-19(20)21-17(22-23)15-11-7-8-13(2)12-15/h4-12,16H,3H2,1-2H3,(H2,20,21,22). The fraction of sp³-hybridized carbons (Fsp3) is 0.211. The summed E-state index contributed by atoms with van der Waals surface area (Å²) in [6.07, 6.45) is 0.669. The van der Waals surface area contributed by atoms with Crippen LogP contribution in [0.5, 0.6) is 0 Å². The first-order valence-corrected chi connectivity index (χ1v) is 7.99. The molecular weight excluding hydrogens is 300 g/mol. The third-order valence-electron chi connectivity index (χ3n) is 4.03. The summed E-state index contributed by atoms with van der Waals surface area (Å²) < 4.78 is 1.22. The Bertz CT molecular complexity index is 855. The number of nitrogens with zero attached hydrogens (tertiary/aromatic N) is 3. The molecule has 2 aromatic carbocycles. The fourth-order valence-electron chi connectivity index (χ4n) is 2.78. The third kappa shape index (κ3) is 3.06. The molecule has 3 aromatic rings. The molecule has 3 rings (SSSR count). The van der Waals surface area contributed by atoms with E-state index in [0.717, 1.165) is 16.7 Å². The molecule has 0 spiro atoms. The zero-order valence-corrected chi connectivity index (χ0v) is 13.8.